The SMILES string of the molecule is Cc1cccc(-c2nnc(-c3ccc(C(=O)N(C)C4CCCCCC4)cc3)o2)c1. The van der Waals surface area contributed by atoms with Gasteiger partial charge in [0.25, 0.3) is 5.91 Å². The first-order valence-electron chi connectivity index (χ1n) is 10.4. The number of nitrogens with zero attached hydrogens (tertiary/aromatic N) is 3. The van der Waals surface area contributed by atoms with E-state index in [1.165, 1.54) is 25.7 Å². The Morgan fingerprint density at radius 2 is 1.59 bits per heavy atom. The molecule has 4 rings (SSSR count). The van der Waals surface area contributed by atoms with Crippen LogP contribution in [0.4, 0.5) is 0 Å². The summed E-state index contributed by atoms with van der Waals surface area (Å²) < 4.78 is 5.85. The molecule has 1 aromatic heterocycles. The molecule has 5 heteroatoms. The molecule has 0 atom stereocenters. The number of rotatable bonds is 4. The van der Waals surface area contributed by atoms with E-state index >= 15 is 0 Å². The summed E-state index contributed by atoms with van der Waals surface area (Å²) in [6, 6.07) is 15.8. The van der Waals surface area contributed by atoms with Gasteiger partial charge in [-0.1, -0.05) is 43.4 Å². The fourth-order valence-corrected chi connectivity index (χ4v) is 4.00. The van der Waals surface area contributed by atoms with Crippen molar-refractivity contribution in [3.05, 3.63) is 59.7 Å². The van der Waals surface area contributed by atoms with Gasteiger partial charge in [-0.2, -0.15) is 0 Å². The van der Waals surface area contributed by atoms with E-state index in [0.717, 1.165) is 29.5 Å². The predicted octanol–water partition coefficient (Wildman–Crippen LogP) is 5.51. The van der Waals surface area contributed by atoms with E-state index in [-0.39, 0.29) is 5.91 Å². The summed E-state index contributed by atoms with van der Waals surface area (Å²) in [6.07, 6.45) is 7.18. The number of benzene rings is 2. The van der Waals surface area contributed by atoms with Gasteiger partial charge in [0.1, 0.15) is 0 Å². The van der Waals surface area contributed by atoms with Crippen LogP contribution in [0.15, 0.2) is 52.9 Å². The number of carbonyl (C=O) groups excluding carboxylic acids is 1. The topological polar surface area (TPSA) is 59.2 Å². The first-order chi connectivity index (χ1) is 14.1. The van der Waals surface area contributed by atoms with E-state index in [4.69, 9.17) is 4.42 Å². The summed E-state index contributed by atoms with van der Waals surface area (Å²) in [5.41, 5.74) is 3.55. The highest BCUT2D eigenvalue weighted by Gasteiger charge is 2.22. The van der Waals surface area contributed by atoms with Crippen LogP contribution in [0, 0.1) is 6.92 Å². The van der Waals surface area contributed by atoms with E-state index in [2.05, 4.69) is 10.2 Å². The van der Waals surface area contributed by atoms with Gasteiger partial charge in [0.15, 0.2) is 0 Å². The van der Waals surface area contributed by atoms with Crippen LogP contribution in [-0.4, -0.2) is 34.1 Å². The molecule has 1 saturated carbocycles. The van der Waals surface area contributed by atoms with Crippen LogP contribution in [0.1, 0.15) is 54.4 Å². The van der Waals surface area contributed by atoms with Gasteiger partial charge in [0.05, 0.1) is 0 Å². The number of amides is 1. The Morgan fingerprint density at radius 1 is 0.931 bits per heavy atom. The van der Waals surface area contributed by atoms with Crippen LogP contribution in [0.3, 0.4) is 0 Å². The molecular weight excluding hydrogens is 362 g/mol. The van der Waals surface area contributed by atoms with Crippen molar-refractivity contribution in [2.24, 2.45) is 0 Å². The third-order valence-corrected chi connectivity index (χ3v) is 5.76. The highest BCUT2D eigenvalue weighted by molar-refractivity contribution is 5.94. The van der Waals surface area contributed by atoms with E-state index in [1.54, 1.807) is 0 Å². The molecule has 1 aliphatic carbocycles. The van der Waals surface area contributed by atoms with E-state index in [1.807, 2.05) is 67.4 Å². The van der Waals surface area contributed by atoms with Crippen molar-refractivity contribution >= 4 is 5.91 Å². The second-order valence-electron chi connectivity index (χ2n) is 7.92. The van der Waals surface area contributed by atoms with E-state index in [9.17, 15) is 4.79 Å². The Bertz CT molecular complexity index is 970. The fraction of sp³-hybridized carbons (Fsp3) is 0.375. The largest absolute Gasteiger partial charge is 0.416 e. The van der Waals surface area contributed by atoms with Gasteiger partial charge in [0.2, 0.25) is 11.8 Å². The third-order valence-electron chi connectivity index (χ3n) is 5.76. The van der Waals surface area contributed by atoms with Crippen LogP contribution in [0.5, 0.6) is 0 Å². The van der Waals surface area contributed by atoms with Gasteiger partial charge in [-0.25, -0.2) is 0 Å². The normalized spacial score (nSPS) is 15.1. The molecule has 3 aromatic rings. The lowest BCUT2D eigenvalue weighted by Gasteiger charge is -2.27. The van der Waals surface area contributed by atoms with Crippen molar-refractivity contribution in [3.63, 3.8) is 0 Å². The maximum atomic E-state index is 12.9. The average molecular weight is 389 g/mol. The zero-order chi connectivity index (χ0) is 20.2. The minimum Gasteiger partial charge on any atom is -0.416 e. The minimum absolute atomic E-state index is 0.0782. The molecule has 1 amide bonds. The number of aromatic nitrogens is 2. The molecule has 0 aliphatic heterocycles. The minimum atomic E-state index is 0.0782. The molecule has 1 aliphatic rings. The first-order valence-corrected chi connectivity index (χ1v) is 10.4. The van der Waals surface area contributed by atoms with Gasteiger partial charge in [-0.05, 0) is 56.2 Å². The van der Waals surface area contributed by atoms with Gasteiger partial charge in [-0.3, -0.25) is 4.79 Å². The molecule has 0 spiro atoms. The second kappa shape index (κ2) is 8.60. The van der Waals surface area contributed by atoms with Crippen molar-refractivity contribution in [3.8, 4) is 22.9 Å². The highest BCUT2D eigenvalue weighted by atomic mass is 16.4. The van der Waals surface area contributed by atoms with Crippen LogP contribution < -0.4 is 0 Å². The molecule has 2 aromatic carbocycles. The molecular formula is C24H27N3O2. The number of aryl methyl sites for hydroxylation is 1. The number of carbonyl (C=O) groups is 1. The standard InChI is InChI=1S/C24H27N3O2/c1-17-8-7-9-20(16-17)23-26-25-22(29-23)18-12-14-19(15-13-18)24(28)27(2)21-10-5-3-4-6-11-21/h7-9,12-16,21H,3-6,10-11H2,1-2H3. The van der Waals surface area contributed by atoms with Crippen molar-refractivity contribution < 1.29 is 9.21 Å². The van der Waals surface area contributed by atoms with Crippen molar-refractivity contribution in [1.82, 2.24) is 15.1 Å². The van der Waals surface area contributed by atoms with Crippen LogP contribution >= 0.6 is 0 Å². The van der Waals surface area contributed by atoms with Gasteiger partial charge < -0.3 is 9.32 Å². The molecule has 0 N–H and O–H groups in total. The molecule has 0 saturated heterocycles. The van der Waals surface area contributed by atoms with Crippen LogP contribution in [-0.2, 0) is 0 Å². The number of hydrogen-bond acceptors (Lipinski definition) is 4. The fourth-order valence-electron chi connectivity index (χ4n) is 4.00. The number of hydrogen-bond donors (Lipinski definition) is 0. The summed E-state index contributed by atoms with van der Waals surface area (Å²) in [4.78, 5) is 14.8. The smallest absolute Gasteiger partial charge is 0.253 e. The monoisotopic (exact) mass is 389 g/mol. The van der Waals surface area contributed by atoms with Crippen LogP contribution in [0.2, 0.25) is 0 Å². The molecule has 0 unspecified atom stereocenters. The molecule has 0 radical (unpaired) electrons. The zero-order valence-electron chi connectivity index (χ0n) is 17.1. The molecule has 1 fully saturated rings. The molecule has 0 bridgehead atoms. The highest BCUT2D eigenvalue weighted by Crippen LogP contribution is 2.26. The molecule has 5 nitrogen and oxygen atoms in total. The zero-order valence-corrected chi connectivity index (χ0v) is 17.1. The lowest BCUT2D eigenvalue weighted by Crippen LogP contribution is -2.36. The molecule has 29 heavy (non-hydrogen) atoms. The van der Waals surface area contributed by atoms with Crippen molar-refractivity contribution in [1.29, 1.82) is 0 Å². The Hall–Kier alpha value is -2.95. The van der Waals surface area contributed by atoms with Crippen molar-refractivity contribution in [2.45, 2.75) is 51.5 Å². The average Bonchev–Trinajstić information content (AvgIpc) is 3.08. The molecule has 1 heterocycles. The quantitative estimate of drug-likeness (QED) is 0.552. The maximum absolute atomic E-state index is 12.9. The Labute approximate surface area is 171 Å². The van der Waals surface area contributed by atoms with Gasteiger partial charge in [-0.15, -0.1) is 10.2 Å². The van der Waals surface area contributed by atoms with E-state index in [0.29, 0.717) is 23.4 Å². The van der Waals surface area contributed by atoms with Crippen LogP contribution in [0.25, 0.3) is 22.9 Å². The van der Waals surface area contributed by atoms with Gasteiger partial charge >= 0.3 is 0 Å². The predicted molar refractivity (Wildman–Crippen MR) is 113 cm³/mol. The van der Waals surface area contributed by atoms with Crippen molar-refractivity contribution in [2.75, 3.05) is 7.05 Å². The summed E-state index contributed by atoms with van der Waals surface area (Å²) in [5.74, 6) is 1.03. The summed E-state index contributed by atoms with van der Waals surface area (Å²) >= 11 is 0. The van der Waals surface area contributed by atoms with E-state index < -0.39 is 0 Å². The third kappa shape index (κ3) is 4.39. The second-order valence-corrected chi connectivity index (χ2v) is 7.92. The lowest BCUT2D eigenvalue weighted by atomic mass is 10.1. The Balaban J connectivity index is 1.48. The first kappa shape index (κ1) is 19.4. The summed E-state index contributed by atoms with van der Waals surface area (Å²) in [6.45, 7) is 2.03. The maximum Gasteiger partial charge on any atom is 0.253 e. The summed E-state index contributed by atoms with van der Waals surface area (Å²) in [7, 11) is 1.93. The lowest BCUT2D eigenvalue weighted by molar-refractivity contribution is 0.0717. The Morgan fingerprint density at radius 3 is 2.24 bits per heavy atom. The summed E-state index contributed by atoms with van der Waals surface area (Å²) in [5, 5.41) is 8.34. The Kier molecular flexibility index (Phi) is 5.74. The van der Waals surface area contributed by atoms with Gasteiger partial charge in [0, 0.05) is 29.8 Å². The molecule has 150 valence electrons.